The zero-order chi connectivity index (χ0) is 19.6. The summed E-state index contributed by atoms with van der Waals surface area (Å²) in [6, 6.07) is 7.86. The van der Waals surface area contributed by atoms with Crippen molar-refractivity contribution in [2.45, 2.75) is 51.6 Å². The summed E-state index contributed by atoms with van der Waals surface area (Å²) in [6.45, 7) is 10.5. The highest BCUT2D eigenvalue weighted by atomic mass is 32.2. The highest BCUT2D eigenvalue weighted by Crippen LogP contribution is 2.29. The van der Waals surface area contributed by atoms with Gasteiger partial charge >= 0.3 is 0 Å². The van der Waals surface area contributed by atoms with Crippen molar-refractivity contribution in [1.82, 2.24) is 14.8 Å². The monoisotopic (exact) mass is 384 g/mol. The van der Waals surface area contributed by atoms with Crippen LogP contribution < -0.4 is 5.32 Å². The van der Waals surface area contributed by atoms with E-state index in [2.05, 4.69) is 15.5 Å². The lowest BCUT2D eigenvalue weighted by atomic mass is 10.1. The Labute approximate surface area is 163 Å². The number of thioether (sulfide) groups is 1. The van der Waals surface area contributed by atoms with Crippen LogP contribution in [0.5, 0.6) is 0 Å². The number of benzene rings is 1. The van der Waals surface area contributed by atoms with Gasteiger partial charge in [0.2, 0.25) is 5.91 Å². The highest BCUT2D eigenvalue weighted by Gasteiger charge is 2.22. The van der Waals surface area contributed by atoms with Crippen molar-refractivity contribution in [1.29, 1.82) is 0 Å². The fourth-order valence-corrected chi connectivity index (χ4v) is 3.84. The maximum Gasteiger partial charge on any atom is 0.237 e. The van der Waals surface area contributed by atoms with E-state index in [1.807, 2.05) is 63.5 Å². The molecule has 0 unspecified atom stereocenters. The highest BCUT2D eigenvalue weighted by molar-refractivity contribution is 8.00. The van der Waals surface area contributed by atoms with Crippen LogP contribution in [0.4, 0.5) is 5.69 Å². The zero-order valence-corrected chi connectivity index (χ0v) is 17.1. The number of anilines is 1. The molecule has 3 rings (SSSR count). The minimum Gasteiger partial charge on any atom is -0.469 e. The molecule has 0 saturated heterocycles. The minimum absolute atomic E-state index is 0.0518. The summed E-state index contributed by atoms with van der Waals surface area (Å²) in [7, 11) is 0. The van der Waals surface area contributed by atoms with Crippen LogP contribution in [0.25, 0.3) is 11.4 Å². The first-order chi connectivity index (χ1) is 12.9. The lowest BCUT2D eigenvalue weighted by Gasteiger charge is -2.15. The van der Waals surface area contributed by atoms with E-state index >= 15 is 0 Å². The molecule has 2 heterocycles. The molecule has 3 aromatic rings. The molecule has 142 valence electrons. The molecule has 1 atom stereocenters. The zero-order valence-electron chi connectivity index (χ0n) is 16.2. The third-order valence-electron chi connectivity index (χ3n) is 4.51. The van der Waals surface area contributed by atoms with E-state index in [-0.39, 0.29) is 11.2 Å². The van der Waals surface area contributed by atoms with E-state index in [0.717, 1.165) is 39.1 Å². The SMILES string of the molecule is CCn1c(S[C@@H](C)C(=O)Nc2c(C)cccc2C)nnc1-c1ccoc1C. The van der Waals surface area contributed by atoms with Gasteiger partial charge < -0.3 is 14.3 Å². The average molecular weight is 385 g/mol. The number of aromatic nitrogens is 3. The number of para-hydroxylation sites is 1. The molecule has 0 saturated carbocycles. The van der Waals surface area contributed by atoms with Gasteiger partial charge in [0.25, 0.3) is 0 Å². The van der Waals surface area contributed by atoms with Gasteiger partial charge in [-0.15, -0.1) is 10.2 Å². The third kappa shape index (κ3) is 3.93. The molecule has 0 aliphatic carbocycles. The molecule has 1 amide bonds. The minimum atomic E-state index is -0.309. The summed E-state index contributed by atoms with van der Waals surface area (Å²) < 4.78 is 7.39. The lowest BCUT2D eigenvalue weighted by molar-refractivity contribution is -0.115. The summed E-state index contributed by atoms with van der Waals surface area (Å²) in [6.07, 6.45) is 1.65. The summed E-state index contributed by atoms with van der Waals surface area (Å²) in [4.78, 5) is 12.7. The molecule has 7 heteroatoms. The largest absolute Gasteiger partial charge is 0.469 e. The molecular weight excluding hydrogens is 360 g/mol. The number of rotatable bonds is 6. The topological polar surface area (TPSA) is 73.0 Å². The lowest BCUT2D eigenvalue weighted by Crippen LogP contribution is -2.23. The van der Waals surface area contributed by atoms with Gasteiger partial charge in [-0.05, 0) is 51.8 Å². The predicted octanol–water partition coefficient (Wildman–Crippen LogP) is 4.60. The first kappa shape index (κ1) is 19.2. The van der Waals surface area contributed by atoms with Crippen LogP contribution in [-0.2, 0) is 11.3 Å². The molecule has 0 aliphatic rings. The second-order valence-corrected chi connectivity index (χ2v) is 7.76. The molecule has 0 bridgehead atoms. The van der Waals surface area contributed by atoms with Crippen LogP contribution >= 0.6 is 11.8 Å². The van der Waals surface area contributed by atoms with Crippen LogP contribution in [0.1, 0.15) is 30.7 Å². The third-order valence-corrected chi connectivity index (χ3v) is 5.59. The van der Waals surface area contributed by atoms with Crippen molar-refractivity contribution < 1.29 is 9.21 Å². The van der Waals surface area contributed by atoms with E-state index in [9.17, 15) is 4.79 Å². The van der Waals surface area contributed by atoms with Gasteiger partial charge in [-0.1, -0.05) is 30.0 Å². The standard InChI is InChI=1S/C20H24N4O2S/c1-6-24-18(16-10-11-26-14(16)4)22-23-20(24)27-15(5)19(25)21-17-12(2)8-7-9-13(17)3/h7-11,15H,6H2,1-5H3,(H,21,25)/t15-/m0/s1. The summed E-state index contributed by atoms with van der Waals surface area (Å²) in [5.41, 5.74) is 3.90. The molecular formula is C20H24N4O2S. The molecule has 0 spiro atoms. The average Bonchev–Trinajstić information content (AvgIpc) is 3.23. The van der Waals surface area contributed by atoms with E-state index in [1.54, 1.807) is 6.26 Å². The van der Waals surface area contributed by atoms with Gasteiger partial charge in [0, 0.05) is 12.2 Å². The Balaban J connectivity index is 1.78. The van der Waals surface area contributed by atoms with E-state index in [0.29, 0.717) is 6.54 Å². The van der Waals surface area contributed by atoms with Gasteiger partial charge in [0.05, 0.1) is 17.1 Å². The Morgan fingerprint density at radius 2 is 1.93 bits per heavy atom. The normalized spacial score (nSPS) is 12.2. The Morgan fingerprint density at radius 3 is 2.52 bits per heavy atom. The number of nitrogens with one attached hydrogen (secondary N) is 1. The molecule has 0 radical (unpaired) electrons. The number of furan rings is 1. The molecule has 27 heavy (non-hydrogen) atoms. The fourth-order valence-electron chi connectivity index (χ4n) is 2.93. The Hall–Kier alpha value is -2.54. The number of hydrogen-bond donors (Lipinski definition) is 1. The van der Waals surface area contributed by atoms with Gasteiger partial charge in [-0.2, -0.15) is 0 Å². The van der Waals surface area contributed by atoms with E-state index < -0.39 is 0 Å². The van der Waals surface area contributed by atoms with Crippen LogP contribution in [0.2, 0.25) is 0 Å². The van der Waals surface area contributed by atoms with Crippen molar-refractivity contribution in [3.8, 4) is 11.4 Å². The fraction of sp³-hybridized carbons (Fsp3) is 0.350. The number of carbonyl (C=O) groups excluding carboxylic acids is 1. The maximum absolute atomic E-state index is 12.7. The van der Waals surface area contributed by atoms with Crippen molar-refractivity contribution >= 4 is 23.4 Å². The van der Waals surface area contributed by atoms with Crippen LogP contribution in [0.3, 0.4) is 0 Å². The van der Waals surface area contributed by atoms with E-state index in [1.165, 1.54) is 11.8 Å². The van der Waals surface area contributed by atoms with Crippen molar-refractivity contribution in [3.63, 3.8) is 0 Å². The predicted molar refractivity (Wildman–Crippen MR) is 108 cm³/mol. The second kappa shape index (κ2) is 8.00. The summed E-state index contributed by atoms with van der Waals surface area (Å²) in [5, 5.41) is 12.1. The maximum atomic E-state index is 12.7. The number of hydrogen-bond acceptors (Lipinski definition) is 5. The van der Waals surface area contributed by atoms with Gasteiger partial charge in [0.1, 0.15) is 5.76 Å². The van der Waals surface area contributed by atoms with Crippen molar-refractivity contribution in [2.24, 2.45) is 0 Å². The Bertz CT molecular complexity index is 941. The molecule has 0 fully saturated rings. The number of amides is 1. The first-order valence-electron chi connectivity index (χ1n) is 8.93. The molecule has 2 aromatic heterocycles. The van der Waals surface area contributed by atoms with Crippen LogP contribution in [0.15, 0.2) is 40.1 Å². The van der Waals surface area contributed by atoms with Gasteiger partial charge in [-0.3, -0.25) is 4.79 Å². The molecule has 1 N–H and O–H groups in total. The molecule has 1 aromatic carbocycles. The number of aryl methyl sites for hydroxylation is 3. The van der Waals surface area contributed by atoms with Gasteiger partial charge in [-0.25, -0.2) is 0 Å². The van der Waals surface area contributed by atoms with Crippen LogP contribution in [0, 0.1) is 20.8 Å². The summed E-state index contributed by atoms with van der Waals surface area (Å²) >= 11 is 1.40. The van der Waals surface area contributed by atoms with Crippen LogP contribution in [-0.4, -0.2) is 25.9 Å². The number of nitrogens with zero attached hydrogens (tertiary/aromatic N) is 3. The molecule has 0 aliphatic heterocycles. The smallest absolute Gasteiger partial charge is 0.237 e. The van der Waals surface area contributed by atoms with Gasteiger partial charge in [0.15, 0.2) is 11.0 Å². The van der Waals surface area contributed by atoms with Crippen molar-refractivity contribution in [3.05, 3.63) is 47.4 Å². The van der Waals surface area contributed by atoms with Crippen molar-refractivity contribution in [2.75, 3.05) is 5.32 Å². The molecule has 6 nitrogen and oxygen atoms in total. The Kier molecular flexibility index (Phi) is 5.70. The second-order valence-electron chi connectivity index (χ2n) is 6.46. The first-order valence-corrected chi connectivity index (χ1v) is 9.81. The quantitative estimate of drug-likeness (QED) is 0.629. The number of carbonyl (C=O) groups is 1. The summed E-state index contributed by atoms with van der Waals surface area (Å²) in [5.74, 6) is 1.51. The Morgan fingerprint density at radius 1 is 1.22 bits per heavy atom. The van der Waals surface area contributed by atoms with E-state index in [4.69, 9.17) is 4.42 Å².